The van der Waals surface area contributed by atoms with Crippen molar-refractivity contribution >= 4 is 11.8 Å². The van der Waals surface area contributed by atoms with E-state index in [1.54, 1.807) is 16.6 Å². The second-order valence-corrected chi connectivity index (χ2v) is 5.18. The largest absolute Gasteiger partial charge is 0.487 e. The van der Waals surface area contributed by atoms with Gasteiger partial charge in [0.2, 0.25) is 0 Å². The van der Waals surface area contributed by atoms with Crippen molar-refractivity contribution < 1.29 is 9.53 Å². The zero-order chi connectivity index (χ0) is 14.8. The van der Waals surface area contributed by atoms with Gasteiger partial charge in [0, 0.05) is 13.1 Å². The lowest BCUT2D eigenvalue weighted by atomic mass is 10.2. The molecule has 1 saturated heterocycles. The molecule has 6 nitrogen and oxygen atoms in total. The summed E-state index contributed by atoms with van der Waals surface area (Å²) in [5.41, 5.74) is 0.877. The Kier molecular flexibility index (Phi) is 3.51. The van der Waals surface area contributed by atoms with Crippen LogP contribution < -0.4 is 10.1 Å². The molecular formula is C15H18N4O2. The minimum atomic E-state index is -0.120. The second-order valence-electron chi connectivity index (χ2n) is 5.18. The maximum atomic E-state index is 12.1. The molecule has 6 heteroatoms. The monoisotopic (exact) mass is 286 g/mol. The van der Waals surface area contributed by atoms with E-state index in [1.807, 2.05) is 43.3 Å². The number of para-hydroxylation sites is 1. The third kappa shape index (κ3) is 2.99. The molecule has 0 saturated carbocycles. The lowest BCUT2D eigenvalue weighted by Gasteiger charge is -2.38. The molecule has 2 aromatic rings. The highest BCUT2D eigenvalue weighted by Crippen LogP contribution is 2.18. The number of hydrogen-bond donors (Lipinski definition) is 1. The van der Waals surface area contributed by atoms with Crippen LogP contribution in [0.3, 0.4) is 0 Å². The van der Waals surface area contributed by atoms with Gasteiger partial charge in [-0.05, 0) is 19.1 Å². The van der Waals surface area contributed by atoms with Gasteiger partial charge in [0.05, 0.1) is 18.8 Å². The summed E-state index contributed by atoms with van der Waals surface area (Å²) >= 11 is 0. The predicted molar refractivity (Wildman–Crippen MR) is 79.4 cm³/mol. The van der Waals surface area contributed by atoms with E-state index < -0.39 is 0 Å². The molecule has 21 heavy (non-hydrogen) atoms. The predicted octanol–water partition coefficient (Wildman–Crippen LogP) is 2.02. The third-order valence-corrected chi connectivity index (χ3v) is 3.42. The van der Waals surface area contributed by atoms with Gasteiger partial charge < -0.3 is 9.64 Å². The van der Waals surface area contributed by atoms with Crippen LogP contribution >= 0.6 is 0 Å². The summed E-state index contributed by atoms with van der Waals surface area (Å²) in [6.07, 6.45) is 0.0615. The van der Waals surface area contributed by atoms with Gasteiger partial charge in [-0.25, -0.2) is 4.79 Å². The Bertz CT molecular complexity index is 632. The Labute approximate surface area is 123 Å². The van der Waals surface area contributed by atoms with Gasteiger partial charge >= 0.3 is 6.03 Å². The number of likely N-dealkylation sites (tertiary alicyclic amines) is 1. The zero-order valence-corrected chi connectivity index (χ0v) is 12.1. The van der Waals surface area contributed by atoms with E-state index >= 15 is 0 Å². The fourth-order valence-corrected chi connectivity index (χ4v) is 2.29. The highest BCUT2D eigenvalue weighted by atomic mass is 16.5. The molecule has 2 heterocycles. The van der Waals surface area contributed by atoms with Crippen LogP contribution in [0, 0.1) is 6.92 Å². The van der Waals surface area contributed by atoms with Crippen LogP contribution in [-0.2, 0) is 7.05 Å². The first-order valence-electron chi connectivity index (χ1n) is 6.90. The van der Waals surface area contributed by atoms with E-state index in [0.29, 0.717) is 18.9 Å². The van der Waals surface area contributed by atoms with Crippen LogP contribution in [0.1, 0.15) is 5.69 Å². The molecule has 1 fully saturated rings. The van der Waals surface area contributed by atoms with Crippen molar-refractivity contribution in [3.63, 3.8) is 0 Å². The Balaban J connectivity index is 1.49. The molecule has 1 aliphatic heterocycles. The highest BCUT2D eigenvalue weighted by molar-refractivity contribution is 5.89. The Morgan fingerprint density at radius 3 is 2.67 bits per heavy atom. The van der Waals surface area contributed by atoms with Crippen LogP contribution in [-0.4, -0.2) is 39.9 Å². The summed E-state index contributed by atoms with van der Waals surface area (Å²) in [6.45, 7) is 3.08. The number of amides is 2. The van der Waals surface area contributed by atoms with Crippen LogP contribution in [0.5, 0.6) is 5.75 Å². The van der Waals surface area contributed by atoms with Crippen molar-refractivity contribution in [3.8, 4) is 5.75 Å². The standard InChI is InChI=1S/C15H18N4O2/c1-11-8-14(18(2)17-11)16-15(20)19-9-13(10-19)21-12-6-4-3-5-7-12/h3-8,13H,9-10H2,1-2H3,(H,16,20). The smallest absolute Gasteiger partial charge is 0.323 e. The third-order valence-electron chi connectivity index (χ3n) is 3.42. The van der Waals surface area contributed by atoms with E-state index in [4.69, 9.17) is 4.74 Å². The summed E-state index contributed by atoms with van der Waals surface area (Å²) in [6, 6.07) is 11.4. The van der Waals surface area contributed by atoms with Gasteiger partial charge in [0.25, 0.3) is 0 Å². The molecular weight excluding hydrogens is 268 g/mol. The minimum absolute atomic E-state index is 0.0615. The van der Waals surface area contributed by atoms with Crippen molar-refractivity contribution in [1.29, 1.82) is 0 Å². The van der Waals surface area contributed by atoms with Gasteiger partial charge in [-0.2, -0.15) is 5.10 Å². The summed E-state index contributed by atoms with van der Waals surface area (Å²) in [5.74, 6) is 1.54. The van der Waals surface area contributed by atoms with Gasteiger partial charge in [-0.15, -0.1) is 0 Å². The topological polar surface area (TPSA) is 59.4 Å². The summed E-state index contributed by atoms with van der Waals surface area (Å²) in [7, 11) is 1.81. The average molecular weight is 286 g/mol. The van der Waals surface area contributed by atoms with Gasteiger partial charge in [0.1, 0.15) is 17.7 Å². The lowest BCUT2D eigenvalue weighted by Crippen LogP contribution is -2.57. The number of aryl methyl sites for hydroxylation is 2. The van der Waals surface area contributed by atoms with Crippen LogP contribution in [0.4, 0.5) is 10.6 Å². The first-order chi connectivity index (χ1) is 10.1. The molecule has 0 aliphatic carbocycles. The van der Waals surface area contributed by atoms with Gasteiger partial charge in [0.15, 0.2) is 0 Å². The number of benzene rings is 1. The first kappa shape index (κ1) is 13.5. The van der Waals surface area contributed by atoms with E-state index in [9.17, 15) is 4.79 Å². The maximum absolute atomic E-state index is 12.1. The minimum Gasteiger partial charge on any atom is -0.487 e. The zero-order valence-electron chi connectivity index (χ0n) is 12.1. The number of carbonyl (C=O) groups excluding carboxylic acids is 1. The first-order valence-corrected chi connectivity index (χ1v) is 6.90. The number of rotatable bonds is 3. The van der Waals surface area contributed by atoms with Crippen molar-refractivity contribution in [2.24, 2.45) is 7.05 Å². The number of nitrogens with one attached hydrogen (secondary N) is 1. The Hall–Kier alpha value is -2.50. The van der Waals surface area contributed by atoms with E-state index in [0.717, 1.165) is 11.4 Å². The normalized spacial score (nSPS) is 14.7. The summed E-state index contributed by atoms with van der Waals surface area (Å²) < 4.78 is 7.43. The Morgan fingerprint density at radius 2 is 2.05 bits per heavy atom. The second kappa shape index (κ2) is 5.47. The number of hydrogen-bond acceptors (Lipinski definition) is 3. The number of aromatic nitrogens is 2. The average Bonchev–Trinajstić information content (AvgIpc) is 2.72. The van der Waals surface area contributed by atoms with Crippen LogP contribution in [0.15, 0.2) is 36.4 Å². The number of carbonyl (C=O) groups is 1. The van der Waals surface area contributed by atoms with Crippen molar-refractivity contribution in [1.82, 2.24) is 14.7 Å². The summed E-state index contributed by atoms with van der Waals surface area (Å²) in [4.78, 5) is 13.8. The molecule has 3 rings (SSSR count). The highest BCUT2D eigenvalue weighted by Gasteiger charge is 2.32. The van der Waals surface area contributed by atoms with Crippen LogP contribution in [0.25, 0.3) is 0 Å². The fourth-order valence-electron chi connectivity index (χ4n) is 2.29. The molecule has 1 N–H and O–H groups in total. The van der Waals surface area contributed by atoms with E-state index in [-0.39, 0.29) is 12.1 Å². The van der Waals surface area contributed by atoms with Gasteiger partial charge in [-0.3, -0.25) is 10.00 Å². The van der Waals surface area contributed by atoms with Gasteiger partial charge in [-0.1, -0.05) is 18.2 Å². The van der Waals surface area contributed by atoms with Crippen molar-refractivity contribution in [3.05, 3.63) is 42.1 Å². The SMILES string of the molecule is Cc1cc(NC(=O)N2CC(Oc3ccccc3)C2)n(C)n1. The molecule has 0 spiro atoms. The van der Waals surface area contributed by atoms with E-state index in [2.05, 4.69) is 10.4 Å². The molecule has 1 aromatic carbocycles. The van der Waals surface area contributed by atoms with Crippen molar-refractivity contribution in [2.45, 2.75) is 13.0 Å². The molecule has 110 valence electrons. The Morgan fingerprint density at radius 1 is 1.33 bits per heavy atom. The summed E-state index contributed by atoms with van der Waals surface area (Å²) in [5, 5.41) is 7.05. The van der Waals surface area contributed by atoms with E-state index in [1.165, 1.54) is 0 Å². The van der Waals surface area contributed by atoms with Crippen LogP contribution in [0.2, 0.25) is 0 Å². The van der Waals surface area contributed by atoms with Crippen molar-refractivity contribution in [2.75, 3.05) is 18.4 Å². The molecule has 1 aromatic heterocycles. The molecule has 0 unspecified atom stereocenters. The molecule has 0 bridgehead atoms. The number of urea groups is 1. The molecule has 2 amide bonds. The maximum Gasteiger partial charge on any atom is 0.323 e. The quantitative estimate of drug-likeness (QED) is 0.939. The fraction of sp³-hybridized carbons (Fsp3) is 0.333. The molecule has 0 atom stereocenters. The molecule has 0 radical (unpaired) electrons. The number of anilines is 1. The molecule has 1 aliphatic rings. The lowest BCUT2D eigenvalue weighted by molar-refractivity contribution is 0.0492. The number of nitrogens with zero attached hydrogens (tertiary/aromatic N) is 3. The number of ether oxygens (including phenoxy) is 1.